The fourth-order valence-corrected chi connectivity index (χ4v) is 3.90. The van der Waals surface area contributed by atoms with Crippen LogP contribution in [0.2, 0.25) is 0 Å². The topological polar surface area (TPSA) is 83.7 Å². The molecule has 0 amide bonds. The highest BCUT2D eigenvalue weighted by Gasteiger charge is 2.47. The van der Waals surface area contributed by atoms with Gasteiger partial charge in [0.05, 0.1) is 4.92 Å². The average Bonchev–Trinajstić information content (AvgIpc) is 2.98. The largest absolute Gasteiger partial charge is 0.480 e. The molecular formula is C15H18N2O4. The van der Waals surface area contributed by atoms with E-state index in [-0.39, 0.29) is 11.6 Å². The molecule has 1 saturated carbocycles. The summed E-state index contributed by atoms with van der Waals surface area (Å²) in [5.41, 5.74) is 0.856. The summed E-state index contributed by atoms with van der Waals surface area (Å²) in [5, 5.41) is 20.3. The summed E-state index contributed by atoms with van der Waals surface area (Å²) >= 11 is 0. The van der Waals surface area contributed by atoms with Gasteiger partial charge in [0, 0.05) is 25.2 Å². The van der Waals surface area contributed by atoms with Crippen LogP contribution in [0.3, 0.4) is 0 Å². The number of carboxylic acid groups (broad SMARTS) is 1. The highest BCUT2D eigenvalue weighted by molar-refractivity contribution is 5.74. The first-order valence-corrected chi connectivity index (χ1v) is 7.26. The summed E-state index contributed by atoms with van der Waals surface area (Å²) in [6.45, 7) is 1.25. The van der Waals surface area contributed by atoms with Crippen molar-refractivity contribution in [2.24, 2.45) is 11.8 Å². The maximum atomic E-state index is 11.6. The summed E-state index contributed by atoms with van der Waals surface area (Å²) in [4.78, 5) is 23.9. The van der Waals surface area contributed by atoms with Crippen molar-refractivity contribution in [2.45, 2.75) is 31.8 Å². The van der Waals surface area contributed by atoms with Crippen LogP contribution >= 0.6 is 0 Å². The number of fused-ring (bicyclic) bond motifs is 1. The molecule has 0 radical (unpaired) electrons. The van der Waals surface area contributed by atoms with E-state index in [1.54, 1.807) is 6.07 Å². The van der Waals surface area contributed by atoms with E-state index in [1.807, 2.05) is 11.0 Å². The Labute approximate surface area is 122 Å². The molecule has 1 aliphatic heterocycles. The van der Waals surface area contributed by atoms with Gasteiger partial charge in [0.1, 0.15) is 6.04 Å². The fraction of sp³-hybridized carbons (Fsp3) is 0.533. The average molecular weight is 290 g/mol. The monoisotopic (exact) mass is 290 g/mol. The first kappa shape index (κ1) is 14.0. The number of likely N-dealkylation sites (tertiary alicyclic amines) is 1. The second-order valence-electron chi connectivity index (χ2n) is 5.99. The number of hydrogen-bond donors (Lipinski definition) is 1. The maximum Gasteiger partial charge on any atom is 0.321 e. The van der Waals surface area contributed by atoms with Crippen molar-refractivity contribution in [1.82, 2.24) is 4.90 Å². The summed E-state index contributed by atoms with van der Waals surface area (Å²) in [6.07, 6.45) is 3.19. The summed E-state index contributed by atoms with van der Waals surface area (Å²) in [7, 11) is 0. The first-order valence-electron chi connectivity index (χ1n) is 7.26. The van der Waals surface area contributed by atoms with E-state index in [1.165, 1.54) is 12.1 Å². The number of hydrogen-bond acceptors (Lipinski definition) is 4. The summed E-state index contributed by atoms with van der Waals surface area (Å²) < 4.78 is 0. The highest BCUT2D eigenvalue weighted by Crippen LogP contribution is 2.42. The standard InChI is InChI=1S/C15H18N2O4/c18-15(19)14-13-6-2-4-11(13)9-16(14)8-10-3-1-5-12(7-10)17(20)21/h1,3,5,7,11,13-14H,2,4,6,8-9H2,(H,18,19). The lowest BCUT2D eigenvalue weighted by molar-refractivity contribution is -0.384. The Morgan fingerprint density at radius 3 is 2.95 bits per heavy atom. The van der Waals surface area contributed by atoms with Gasteiger partial charge in [-0.15, -0.1) is 0 Å². The zero-order valence-electron chi connectivity index (χ0n) is 11.6. The van der Waals surface area contributed by atoms with Gasteiger partial charge in [0.15, 0.2) is 0 Å². The van der Waals surface area contributed by atoms with Gasteiger partial charge in [-0.25, -0.2) is 0 Å². The van der Waals surface area contributed by atoms with E-state index in [4.69, 9.17) is 0 Å². The number of nitro benzene ring substituents is 1. The molecule has 3 unspecified atom stereocenters. The quantitative estimate of drug-likeness (QED) is 0.679. The highest BCUT2D eigenvalue weighted by atomic mass is 16.6. The van der Waals surface area contributed by atoms with E-state index >= 15 is 0 Å². The molecule has 6 nitrogen and oxygen atoms in total. The van der Waals surface area contributed by atoms with Crippen LogP contribution in [0, 0.1) is 22.0 Å². The molecule has 6 heteroatoms. The van der Waals surface area contributed by atoms with Crippen LogP contribution in [0.1, 0.15) is 24.8 Å². The molecule has 2 fully saturated rings. The van der Waals surface area contributed by atoms with Gasteiger partial charge in [0.25, 0.3) is 5.69 Å². The minimum atomic E-state index is -0.769. The van der Waals surface area contributed by atoms with Crippen LogP contribution in [0.4, 0.5) is 5.69 Å². The van der Waals surface area contributed by atoms with Crippen molar-refractivity contribution in [3.8, 4) is 0 Å². The lowest BCUT2D eigenvalue weighted by atomic mass is 9.94. The number of carboxylic acids is 1. The van der Waals surface area contributed by atoms with Gasteiger partial charge in [-0.2, -0.15) is 0 Å². The van der Waals surface area contributed by atoms with Crippen molar-refractivity contribution in [3.63, 3.8) is 0 Å². The molecule has 1 aliphatic carbocycles. The van der Waals surface area contributed by atoms with E-state index in [0.717, 1.165) is 31.4 Å². The smallest absolute Gasteiger partial charge is 0.321 e. The number of benzene rings is 1. The molecule has 0 bridgehead atoms. The molecule has 21 heavy (non-hydrogen) atoms. The zero-order chi connectivity index (χ0) is 15.0. The van der Waals surface area contributed by atoms with Gasteiger partial charge in [-0.3, -0.25) is 19.8 Å². The van der Waals surface area contributed by atoms with Crippen molar-refractivity contribution >= 4 is 11.7 Å². The molecule has 1 aromatic rings. The number of rotatable bonds is 4. The lowest BCUT2D eigenvalue weighted by Crippen LogP contribution is -2.39. The van der Waals surface area contributed by atoms with Crippen molar-refractivity contribution in [2.75, 3.05) is 6.54 Å². The number of nitrogens with zero attached hydrogens (tertiary/aromatic N) is 2. The molecule has 1 heterocycles. The number of nitro groups is 1. The molecule has 0 aromatic heterocycles. The predicted molar refractivity (Wildman–Crippen MR) is 75.8 cm³/mol. The van der Waals surface area contributed by atoms with Gasteiger partial charge < -0.3 is 5.11 Å². The Balaban J connectivity index is 1.79. The molecule has 0 spiro atoms. The molecule has 112 valence electrons. The van der Waals surface area contributed by atoms with E-state index in [9.17, 15) is 20.0 Å². The third-order valence-corrected chi connectivity index (χ3v) is 4.75. The number of non-ortho nitro benzene ring substituents is 1. The predicted octanol–water partition coefficient (Wildman–Crippen LogP) is 2.28. The Morgan fingerprint density at radius 1 is 1.43 bits per heavy atom. The zero-order valence-corrected chi connectivity index (χ0v) is 11.6. The summed E-state index contributed by atoms with van der Waals surface area (Å²) in [5.74, 6) is -0.0687. The third-order valence-electron chi connectivity index (χ3n) is 4.75. The minimum Gasteiger partial charge on any atom is -0.480 e. The molecular weight excluding hydrogens is 272 g/mol. The van der Waals surface area contributed by atoms with Crippen LogP contribution < -0.4 is 0 Å². The first-order chi connectivity index (χ1) is 10.1. The number of aliphatic carboxylic acids is 1. The van der Waals surface area contributed by atoms with E-state index < -0.39 is 16.9 Å². The lowest BCUT2D eigenvalue weighted by Gasteiger charge is -2.24. The van der Waals surface area contributed by atoms with E-state index in [2.05, 4.69) is 0 Å². The van der Waals surface area contributed by atoms with Gasteiger partial charge in [-0.1, -0.05) is 18.6 Å². The van der Waals surface area contributed by atoms with Crippen LogP contribution in [-0.4, -0.2) is 33.5 Å². The molecule has 2 aliphatic rings. The molecule has 3 rings (SSSR count). The summed E-state index contributed by atoms with van der Waals surface area (Å²) in [6, 6.07) is 6.01. The second kappa shape index (κ2) is 5.44. The van der Waals surface area contributed by atoms with Crippen LogP contribution in [-0.2, 0) is 11.3 Å². The van der Waals surface area contributed by atoms with Crippen molar-refractivity contribution in [3.05, 3.63) is 39.9 Å². The third kappa shape index (κ3) is 2.63. The molecule has 1 N–H and O–H groups in total. The molecule has 1 saturated heterocycles. The van der Waals surface area contributed by atoms with E-state index in [0.29, 0.717) is 12.5 Å². The van der Waals surface area contributed by atoms with Crippen LogP contribution in [0.15, 0.2) is 24.3 Å². The Morgan fingerprint density at radius 2 is 2.24 bits per heavy atom. The Kier molecular flexibility index (Phi) is 3.63. The molecule has 1 aromatic carbocycles. The van der Waals surface area contributed by atoms with Crippen molar-refractivity contribution < 1.29 is 14.8 Å². The SMILES string of the molecule is O=C(O)C1C2CCCC2CN1Cc1cccc([N+](=O)[O-])c1. The maximum absolute atomic E-state index is 11.6. The van der Waals surface area contributed by atoms with Gasteiger partial charge in [0.2, 0.25) is 0 Å². The van der Waals surface area contributed by atoms with Gasteiger partial charge >= 0.3 is 5.97 Å². The Hall–Kier alpha value is -1.95. The van der Waals surface area contributed by atoms with Crippen molar-refractivity contribution in [1.29, 1.82) is 0 Å². The fourth-order valence-electron chi connectivity index (χ4n) is 3.90. The van der Waals surface area contributed by atoms with Crippen LogP contribution in [0.5, 0.6) is 0 Å². The minimum absolute atomic E-state index is 0.0544. The number of carbonyl (C=O) groups is 1. The Bertz CT molecular complexity index is 575. The second-order valence-corrected chi connectivity index (χ2v) is 5.99. The van der Waals surface area contributed by atoms with Crippen LogP contribution in [0.25, 0.3) is 0 Å². The molecule has 3 atom stereocenters. The van der Waals surface area contributed by atoms with Gasteiger partial charge in [-0.05, 0) is 30.2 Å². The normalized spacial score (nSPS) is 28.5.